The lowest BCUT2D eigenvalue weighted by Gasteiger charge is -2.35. The molecule has 1 aliphatic heterocycles. The van der Waals surface area contributed by atoms with Gasteiger partial charge in [0.05, 0.1) is 5.56 Å². The topological polar surface area (TPSA) is 45.6 Å². The Morgan fingerprint density at radius 3 is 2.00 bits per heavy atom. The maximum Gasteiger partial charge on any atom is 0.257 e. The van der Waals surface area contributed by atoms with Gasteiger partial charge >= 0.3 is 0 Å². The molecule has 2 aromatic heterocycles. The highest BCUT2D eigenvalue weighted by Crippen LogP contribution is 2.32. The fourth-order valence-corrected chi connectivity index (χ4v) is 4.66. The fourth-order valence-electron chi connectivity index (χ4n) is 3.55. The van der Waals surface area contributed by atoms with Gasteiger partial charge in [-0.1, -0.05) is 18.2 Å². The summed E-state index contributed by atoms with van der Waals surface area (Å²) >= 11 is 1.64. The quantitative estimate of drug-likeness (QED) is 0.680. The molecular weight excluding hydrogens is 370 g/mol. The van der Waals surface area contributed by atoms with E-state index in [4.69, 9.17) is 0 Å². The van der Waals surface area contributed by atoms with E-state index in [0.717, 1.165) is 21.0 Å². The lowest BCUT2D eigenvalue weighted by atomic mass is 10.1. The van der Waals surface area contributed by atoms with Crippen LogP contribution in [0.5, 0.6) is 0 Å². The van der Waals surface area contributed by atoms with Crippen molar-refractivity contribution in [3.8, 4) is 5.00 Å². The van der Waals surface area contributed by atoms with Crippen molar-refractivity contribution >= 4 is 23.2 Å². The van der Waals surface area contributed by atoms with Crippen LogP contribution in [0.15, 0.2) is 54.9 Å². The van der Waals surface area contributed by atoms with Crippen LogP contribution in [0.3, 0.4) is 0 Å². The molecule has 4 rings (SSSR count). The Balaban J connectivity index is 1.50. The van der Waals surface area contributed by atoms with Gasteiger partial charge in [0.25, 0.3) is 11.8 Å². The number of piperazine rings is 1. The van der Waals surface area contributed by atoms with Gasteiger partial charge in [0.15, 0.2) is 0 Å². The van der Waals surface area contributed by atoms with E-state index in [-0.39, 0.29) is 11.8 Å². The van der Waals surface area contributed by atoms with E-state index < -0.39 is 0 Å². The number of aromatic nitrogens is 1. The molecule has 1 aliphatic rings. The van der Waals surface area contributed by atoms with Gasteiger partial charge < -0.3 is 14.4 Å². The van der Waals surface area contributed by atoms with Crippen LogP contribution < -0.4 is 0 Å². The zero-order valence-corrected chi connectivity index (χ0v) is 16.9. The number of nitrogens with zero attached hydrogens (tertiary/aromatic N) is 3. The van der Waals surface area contributed by atoms with Crippen LogP contribution in [-0.2, 0) is 0 Å². The van der Waals surface area contributed by atoms with Gasteiger partial charge in [-0.3, -0.25) is 9.59 Å². The van der Waals surface area contributed by atoms with Gasteiger partial charge in [-0.2, -0.15) is 0 Å². The van der Waals surface area contributed by atoms with Crippen molar-refractivity contribution in [2.24, 2.45) is 0 Å². The first-order valence-corrected chi connectivity index (χ1v) is 10.2. The average Bonchev–Trinajstić information content (AvgIpc) is 3.36. The average molecular weight is 394 g/mol. The van der Waals surface area contributed by atoms with Gasteiger partial charge in [0.1, 0.15) is 5.00 Å². The molecule has 2 amide bonds. The fraction of sp³-hybridized carbons (Fsp3) is 0.273. The maximum atomic E-state index is 13.3. The summed E-state index contributed by atoms with van der Waals surface area (Å²) in [5.74, 6) is 0.0839. The van der Waals surface area contributed by atoms with E-state index >= 15 is 0 Å². The number of thiophene rings is 1. The Labute approximate surface area is 168 Å². The molecule has 0 atom stereocenters. The molecule has 1 saturated heterocycles. The lowest BCUT2D eigenvalue weighted by Crippen LogP contribution is -2.50. The highest BCUT2D eigenvalue weighted by Gasteiger charge is 2.29. The van der Waals surface area contributed by atoms with Gasteiger partial charge in [-0.15, -0.1) is 11.3 Å². The second-order valence-electron chi connectivity index (χ2n) is 7.00. The first-order chi connectivity index (χ1) is 13.6. The third-order valence-electron chi connectivity index (χ3n) is 5.29. The number of carbonyl (C=O) groups excluding carboxylic acids is 2. The summed E-state index contributed by atoms with van der Waals surface area (Å²) in [7, 11) is 0. The molecule has 0 bridgehead atoms. The Hall–Kier alpha value is -2.86. The second kappa shape index (κ2) is 7.64. The van der Waals surface area contributed by atoms with E-state index in [1.165, 1.54) is 0 Å². The third kappa shape index (κ3) is 3.36. The van der Waals surface area contributed by atoms with Crippen LogP contribution in [-0.4, -0.2) is 52.4 Å². The minimum Gasteiger partial charge on any atom is -0.335 e. The summed E-state index contributed by atoms with van der Waals surface area (Å²) < 4.78 is 2.01. The van der Waals surface area contributed by atoms with E-state index in [1.54, 1.807) is 11.3 Å². The van der Waals surface area contributed by atoms with Crippen LogP contribution in [0.1, 0.15) is 31.2 Å². The minimum absolute atomic E-state index is 0.0308. The Kier molecular flexibility index (Phi) is 5.05. The third-order valence-corrected chi connectivity index (χ3v) is 6.52. The zero-order valence-electron chi connectivity index (χ0n) is 16.1. The van der Waals surface area contributed by atoms with Crippen molar-refractivity contribution < 1.29 is 9.59 Å². The van der Waals surface area contributed by atoms with Crippen LogP contribution in [0.25, 0.3) is 5.00 Å². The SMILES string of the molecule is Cc1sc(-n2cccc2)c(C(=O)N2CCN(C(=O)c3ccccc3)CC2)c1C. The molecule has 1 aromatic carbocycles. The van der Waals surface area contributed by atoms with Gasteiger partial charge in [-0.05, 0) is 43.7 Å². The summed E-state index contributed by atoms with van der Waals surface area (Å²) in [6.07, 6.45) is 3.94. The molecule has 0 saturated carbocycles. The highest BCUT2D eigenvalue weighted by atomic mass is 32.1. The lowest BCUT2D eigenvalue weighted by molar-refractivity contribution is 0.0535. The van der Waals surface area contributed by atoms with E-state index in [9.17, 15) is 9.59 Å². The van der Waals surface area contributed by atoms with Gasteiger partial charge in [0, 0.05) is 49.0 Å². The second-order valence-corrected chi connectivity index (χ2v) is 8.21. The molecule has 0 N–H and O–H groups in total. The minimum atomic E-state index is 0.0308. The van der Waals surface area contributed by atoms with E-state index in [1.807, 2.05) is 76.1 Å². The molecule has 5 nitrogen and oxygen atoms in total. The summed E-state index contributed by atoms with van der Waals surface area (Å²) in [6.45, 7) is 6.29. The molecule has 0 radical (unpaired) electrons. The largest absolute Gasteiger partial charge is 0.335 e. The van der Waals surface area contributed by atoms with Crippen LogP contribution in [0.2, 0.25) is 0 Å². The number of benzene rings is 1. The molecule has 0 unspecified atom stereocenters. The monoisotopic (exact) mass is 393 g/mol. The van der Waals surface area contributed by atoms with E-state index in [0.29, 0.717) is 31.7 Å². The van der Waals surface area contributed by atoms with Crippen molar-refractivity contribution in [3.05, 3.63) is 76.4 Å². The summed E-state index contributed by atoms with van der Waals surface area (Å²) in [6, 6.07) is 13.2. The molecule has 3 aromatic rings. The summed E-state index contributed by atoms with van der Waals surface area (Å²) in [5.41, 5.74) is 2.52. The normalized spacial score (nSPS) is 14.4. The molecule has 1 fully saturated rings. The smallest absolute Gasteiger partial charge is 0.257 e. The number of carbonyl (C=O) groups is 2. The number of rotatable bonds is 3. The molecule has 0 spiro atoms. The van der Waals surface area contributed by atoms with Crippen LogP contribution in [0.4, 0.5) is 0 Å². The molecule has 3 heterocycles. The molecule has 6 heteroatoms. The van der Waals surface area contributed by atoms with Crippen molar-refractivity contribution in [2.45, 2.75) is 13.8 Å². The van der Waals surface area contributed by atoms with Crippen molar-refractivity contribution in [1.82, 2.24) is 14.4 Å². The number of aryl methyl sites for hydroxylation is 1. The number of hydrogen-bond donors (Lipinski definition) is 0. The predicted molar refractivity (Wildman–Crippen MR) is 111 cm³/mol. The first kappa shape index (κ1) is 18.5. The van der Waals surface area contributed by atoms with Crippen molar-refractivity contribution in [1.29, 1.82) is 0 Å². The predicted octanol–water partition coefficient (Wildman–Crippen LogP) is 3.75. The highest BCUT2D eigenvalue weighted by molar-refractivity contribution is 7.15. The summed E-state index contributed by atoms with van der Waals surface area (Å²) in [5, 5.41) is 0.966. The summed E-state index contributed by atoms with van der Waals surface area (Å²) in [4.78, 5) is 30.8. The first-order valence-electron chi connectivity index (χ1n) is 9.43. The van der Waals surface area contributed by atoms with Crippen molar-refractivity contribution in [3.63, 3.8) is 0 Å². The Morgan fingerprint density at radius 1 is 0.821 bits per heavy atom. The van der Waals surface area contributed by atoms with Crippen LogP contribution in [0, 0.1) is 13.8 Å². The maximum absolute atomic E-state index is 13.3. The van der Waals surface area contributed by atoms with E-state index in [2.05, 4.69) is 6.92 Å². The molecule has 144 valence electrons. The number of amides is 2. The number of hydrogen-bond acceptors (Lipinski definition) is 3. The van der Waals surface area contributed by atoms with Gasteiger partial charge in [-0.25, -0.2) is 0 Å². The standard InChI is InChI=1S/C22H23N3O2S/c1-16-17(2)28-22(25-10-6-7-11-25)19(16)21(27)24-14-12-23(13-15-24)20(26)18-8-4-3-5-9-18/h3-11H,12-15H2,1-2H3. The zero-order chi connectivity index (χ0) is 19.7. The Morgan fingerprint density at radius 2 is 1.39 bits per heavy atom. The molecule has 28 heavy (non-hydrogen) atoms. The van der Waals surface area contributed by atoms with Crippen molar-refractivity contribution in [2.75, 3.05) is 26.2 Å². The van der Waals surface area contributed by atoms with Gasteiger partial charge in [0.2, 0.25) is 0 Å². The Bertz CT molecular complexity index is 984. The molecular formula is C22H23N3O2S. The molecule has 0 aliphatic carbocycles. The van der Waals surface area contributed by atoms with Crippen LogP contribution >= 0.6 is 11.3 Å².